The van der Waals surface area contributed by atoms with E-state index in [0.29, 0.717) is 6.61 Å². The van der Waals surface area contributed by atoms with Crippen LogP contribution in [0.3, 0.4) is 0 Å². The quantitative estimate of drug-likeness (QED) is 0.777. The topological polar surface area (TPSA) is 37.9 Å². The van der Waals surface area contributed by atoms with Crippen molar-refractivity contribution in [3.63, 3.8) is 0 Å². The molecule has 0 atom stereocenters. The van der Waals surface area contributed by atoms with Crippen molar-refractivity contribution in [1.82, 2.24) is 10.2 Å². The van der Waals surface area contributed by atoms with Crippen molar-refractivity contribution in [3.05, 3.63) is 30.0 Å². The van der Waals surface area contributed by atoms with Crippen LogP contribution in [0.1, 0.15) is 12.5 Å². The van der Waals surface area contributed by atoms with Crippen molar-refractivity contribution in [2.45, 2.75) is 13.5 Å². The van der Waals surface area contributed by atoms with Crippen LogP contribution in [0.25, 0.3) is 10.9 Å². The Labute approximate surface area is 76.7 Å². The Hall–Kier alpha value is -1.35. The molecule has 0 aliphatic carbocycles. The Bertz CT molecular complexity index is 394. The molecule has 0 amide bonds. The number of H-pyrrole nitrogens is 1. The lowest BCUT2D eigenvalue weighted by atomic mass is 10.2. The Morgan fingerprint density at radius 3 is 3.23 bits per heavy atom. The van der Waals surface area contributed by atoms with Crippen molar-refractivity contribution in [3.8, 4) is 0 Å². The van der Waals surface area contributed by atoms with E-state index in [-0.39, 0.29) is 0 Å². The number of nitrogens with zero attached hydrogens (tertiary/aromatic N) is 1. The van der Waals surface area contributed by atoms with E-state index in [1.165, 1.54) is 5.56 Å². The van der Waals surface area contributed by atoms with E-state index in [1.54, 1.807) is 0 Å². The van der Waals surface area contributed by atoms with E-state index in [1.807, 2.05) is 19.2 Å². The summed E-state index contributed by atoms with van der Waals surface area (Å²) >= 11 is 0. The van der Waals surface area contributed by atoms with Crippen LogP contribution in [0.4, 0.5) is 0 Å². The summed E-state index contributed by atoms with van der Waals surface area (Å²) in [4.78, 5) is 0. The predicted octanol–water partition coefficient (Wildman–Crippen LogP) is 2.10. The summed E-state index contributed by atoms with van der Waals surface area (Å²) in [5, 5.41) is 8.03. The van der Waals surface area contributed by atoms with Gasteiger partial charge in [-0.25, -0.2) is 0 Å². The highest BCUT2D eigenvalue weighted by Crippen LogP contribution is 2.13. The van der Waals surface area contributed by atoms with Gasteiger partial charge in [0.2, 0.25) is 0 Å². The summed E-state index contributed by atoms with van der Waals surface area (Å²) in [7, 11) is 0. The summed E-state index contributed by atoms with van der Waals surface area (Å²) in [5.74, 6) is 0. The molecule has 2 aromatic rings. The minimum atomic E-state index is 0.672. The molecule has 3 nitrogen and oxygen atoms in total. The maximum Gasteiger partial charge on any atom is 0.0717 e. The van der Waals surface area contributed by atoms with Gasteiger partial charge >= 0.3 is 0 Å². The number of nitrogens with one attached hydrogen (secondary N) is 1. The van der Waals surface area contributed by atoms with Crippen molar-refractivity contribution >= 4 is 10.9 Å². The fourth-order valence-electron chi connectivity index (χ4n) is 1.29. The maximum absolute atomic E-state index is 5.31. The number of benzene rings is 1. The van der Waals surface area contributed by atoms with Gasteiger partial charge in [0.15, 0.2) is 0 Å². The van der Waals surface area contributed by atoms with Crippen LogP contribution in [0.5, 0.6) is 0 Å². The van der Waals surface area contributed by atoms with Crippen molar-refractivity contribution in [2.75, 3.05) is 6.61 Å². The Kier molecular flexibility index (Phi) is 2.27. The Morgan fingerprint density at radius 2 is 2.38 bits per heavy atom. The highest BCUT2D eigenvalue weighted by Gasteiger charge is 1.97. The van der Waals surface area contributed by atoms with Crippen molar-refractivity contribution in [2.24, 2.45) is 0 Å². The van der Waals surface area contributed by atoms with E-state index in [2.05, 4.69) is 22.3 Å². The molecule has 1 aromatic carbocycles. The molecule has 0 fully saturated rings. The third-order valence-electron chi connectivity index (χ3n) is 1.98. The number of rotatable bonds is 3. The van der Waals surface area contributed by atoms with Crippen LogP contribution < -0.4 is 0 Å². The number of aromatic nitrogens is 2. The second kappa shape index (κ2) is 3.58. The highest BCUT2D eigenvalue weighted by molar-refractivity contribution is 5.78. The number of aromatic amines is 1. The molecule has 0 saturated carbocycles. The molecule has 0 unspecified atom stereocenters. The van der Waals surface area contributed by atoms with Crippen LogP contribution >= 0.6 is 0 Å². The van der Waals surface area contributed by atoms with Crippen LogP contribution in [-0.4, -0.2) is 16.8 Å². The monoisotopic (exact) mass is 176 g/mol. The smallest absolute Gasteiger partial charge is 0.0717 e. The average molecular weight is 176 g/mol. The van der Waals surface area contributed by atoms with Crippen molar-refractivity contribution in [1.29, 1.82) is 0 Å². The maximum atomic E-state index is 5.31. The lowest BCUT2D eigenvalue weighted by Gasteiger charge is -2.00. The normalized spacial score (nSPS) is 10.8. The third-order valence-corrected chi connectivity index (χ3v) is 1.98. The Morgan fingerprint density at radius 1 is 1.46 bits per heavy atom. The molecule has 68 valence electrons. The molecule has 0 aliphatic rings. The van der Waals surface area contributed by atoms with Gasteiger partial charge in [0.1, 0.15) is 0 Å². The fourth-order valence-corrected chi connectivity index (χ4v) is 1.29. The number of hydrogen-bond acceptors (Lipinski definition) is 2. The molecule has 0 bridgehead atoms. The zero-order chi connectivity index (χ0) is 9.10. The second-order valence-electron chi connectivity index (χ2n) is 2.93. The molecule has 0 spiro atoms. The first-order valence-electron chi connectivity index (χ1n) is 4.40. The van der Waals surface area contributed by atoms with E-state index in [0.717, 1.165) is 17.5 Å². The van der Waals surface area contributed by atoms with Crippen LogP contribution in [0, 0.1) is 0 Å². The summed E-state index contributed by atoms with van der Waals surface area (Å²) in [5.41, 5.74) is 2.25. The number of ether oxygens (including phenoxy) is 1. The molecule has 0 saturated heterocycles. The lowest BCUT2D eigenvalue weighted by molar-refractivity contribution is 0.134. The summed E-state index contributed by atoms with van der Waals surface area (Å²) < 4.78 is 5.31. The van der Waals surface area contributed by atoms with Crippen LogP contribution in [-0.2, 0) is 11.3 Å². The molecule has 1 aromatic heterocycles. The standard InChI is InChI=1S/C10H12N2O/c1-2-13-7-8-3-4-9-6-11-12-10(9)5-8/h3-6H,2,7H2,1H3,(H,11,12). The molecular weight excluding hydrogens is 164 g/mol. The molecular formula is C10H12N2O. The van der Waals surface area contributed by atoms with Gasteiger partial charge in [-0.3, -0.25) is 5.10 Å². The zero-order valence-corrected chi connectivity index (χ0v) is 7.58. The average Bonchev–Trinajstić information content (AvgIpc) is 2.61. The Balaban J connectivity index is 2.26. The van der Waals surface area contributed by atoms with Crippen LogP contribution in [0.2, 0.25) is 0 Å². The van der Waals surface area contributed by atoms with E-state index in [9.17, 15) is 0 Å². The molecule has 1 heterocycles. The second-order valence-corrected chi connectivity index (χ2v) is 2.93. The third kappa shape index (κ3) is 1.70. The van der Waals surface area contributed by atoms with Gasteiger partial charge in [0, 0.05) is 12.0 Å². The number of hydrogen-bond donors (Lipinski definition) is 1. The summed E-state index contributed by atoms with van der Waals surface area (Å²) in [6.07, 6.45) is 1.82. The molecule has 1 N–H and O–H groups in total. The van der Waals surface area contributed by atoms with Gasteiger partial charge in [0.05, 0.1) is 18.3 Å². The van der Waals surface area contributed by atoms with Gasteiger partial charge in [0.25, 0.3) is 0 Å². The van der Waals surface area contributed by atoms with Gasteiger partial charge in [-0.15, -0.1) is 0 Å². The van der Waals surface area contributed by atoms with Gasteiger partial charge < -0.3 is 4.74 Å². The van der Waals surface area contributed by atoms with Gasteiger partial charge in [-0.05, 0) is 18.6 Å². The fraction of sp³-hybridized carbons (Fsp3) is 0.300. The van der Waals surface area contributed by atoms with E-state index < -0.39 is 0 Å². The largest absolute Gasteiger partial charge is 0.377 e. The van der Waals surface area contributed by atoms with Crippen LogP contribution in [0.15, 0.2) is 24.4 Å². The highest BCUT2D eigenvalue weighted by atomic mass is 16.5. The molecule has 0 radical (unpaired) electrons. The molecule has 2 rings (SSSR count). The lowest BCUT2D eigenvalue weighted by Crippen LogP contribution is -1.90. The zero-order valence-electron chi connectivity index (χ0n) is 7.58. The first-order chi connectivity index (χ1) is 6.40. The summed E-state index contributed by atoms with van der Waals surface area (Å²) in [6, 6.07) is 6.18. The summed E-state index contributed by atoms with van der Waals surface area (Å²) in [6.45, 7) is 3.42. The molecule has 0 aliphatic heterocycles. The van der Waals surface area contributed by atoms with Gasteiger partial charge in [-0.2, -0.15) is 5.10 Å². The van der Waals surface area contributed by atoms with Crippen molar-refractivity contribution < 1.29 is 4.74 Å². The first kappa shape index (κ1) is 8.26. The van der Waals surface area contributed by atoms with E-state index >= 15 is 0 Å². The first-order valence-corrected chi connectivity index (χ1v) is 4.40. The number of fused-ring (bicyclic) bond motifs is 1. The predicted molar refractivity (Wildman–Crippen MR) is 51.4 cm³/mol. The SMILES string of the molecule is CCOCc1ccc2cn[nH]c2c1. The minimum absolute atomic E-state index is 0.672. The minimum Gasteiger partial charge on any atom is -0.377 e. The molecule has 3 heteroatoms. The molecule has 13 heavy (non-hydrogen) atoms. The van der Waals surface area contributed by atoms with E-state index in [4.69, 9.17) is 4.74 Å². The van der Waals surface area contributed by atoms with Gasteiger partial charge in [-0.1, -0.05) is 12.1 Å².